The molecule has 0 saturated heterocycles. The zero-order valence-corrected chi connectivity index (χ0v) is 11.7. The molecule has 0 radical (unpaired) electrons. The minimum atomic E-state index is 0.991. The third kappa shape index (κ3) is 2.05. The summed E-state index contributed by atoms with van der Waals surface area (Å²) in [4.78, 5) is 9.22. The molecule has 0 aliphatic heterocycles. The second-order valence-corrected chi connectivity index (χ2v) is 5.27. The van der Waals surface area contributed by atoms with Crippen molar-refractivity contribution in [2.24, 2.45) is 0 Å². The number of aryl methyl sites for hydroxylation is 1. The van der Waals surface area contributed by atoms with Crippen LogP contribution in [0.3, 0.4) is 0 Å². The van der Waals surface area contributed by atoms with Gasteiger partial charge in [-0.25, -0.2) is 4.98 Å². The molecule has 0 aliphatic carbocycles. The Morgan fingerprint density at radius 2 is 1.71 bits per heavy atom. The molecular formula is C19H14N2. The lowest BCUT2D eigenvalue weighted by Crippen LogP contribution is -1.88. The van der Waals surface area contributed by atoms with E-state index in [1.54, 1.807) is 0 Å². The molecule has 0 atom stereocenters. The maximum Gasteiger partial charge on any atom is 0.0717 e. The van der Waals surface area contributed by atoms with Crippen molar-refractivity contribution in [3.63, 3.8) is 0 Å². The molecule has 2 aromatic heterocycles. The Morgan fingerprint density at radius 3 is 2.67 bits per heavy atom. The lowest BCUT2D eigenvalue weighted by Gasteiger charge is -2.07. The van der Waals surface area contributed by atoms with Gasteiger partial charge in [-0.15, -0.1) is 0 Å². The Bertz CT molecular complexity index is 952. The molecule has 100 valence electrons. The molecule has 0 saturated carbocycles. The predicted octanol–water partition coefficient (Wildman–Crippen LogP) is 4.76. The van der Waals surface area contributed by atoms with Gasteiger partial charge in [0.05, 0.1) is 16.7 Å². The zero-order chi connectivity index (χ0) is 14.2. The highest BCUT2D eigenvalue weighted by Crippen LogP contribution is 2.27. The molecule has 0 aliphatic rings. The zero-order valence-electron chi connectivity index (χ0n) is 11.7. The van der Waals surface area contributed by atoms with E-state index in [9.17, 15) is 0 Å². The third-order valence-electron chi connectivity index (χ3n) is 3.77. The minimum absolute atomic E-state index is 0.991. The third-order valence-corrected chi connectivity index (χ3v) is 3.77. The first kappa shape index (κ1) is 12.0. The van der Waals surface area contributed by atoms with E-state index >= 15 is 0 Å². The molecule has 2 heterocycles. The van der Waals surface area contributed by atoms with Gasteiger partial charge in [-0.3, -0.25) is 4.98 Å². The standard InChI is InChI=1S/C19H14N2/c1-13-6-8-17-14(12-13)7-9-19(21-17)16-10-11-20-18-5-3-2-4-15(16)18/h2-12H,1H3. The van der Waals surface area contributed by atoms with Crippen molar-refractivity contribution in [1.29, 1.82) is 0 Å². The topological polar surface area (TPSA) is 25.8 Å². The number of benzene rings is 2. The summed E-state index contributed by atoms with van der Waals surface area (Å²) < 4.78 is 0. The summed E-state index contributed by atoms with van der Waals surface area (Å²) in [5.41, 5.74) is 5.40. The highest BCUT2D eigenvalue weighted by atomic mass is 14.7. The molecule has 21 heavy (non-hydrogen) atoms. The van der Waals surface area contributed by atoms with Crippen LogP contribution in [0.1, 0.15) is 5.56 Å². The lowest BCUT2D eigenvalue weighted by molar-refractivity contribution is 1.36. The van der Waals surface area contributed by atoms with E-state index in [-0.39, 0.29) is 0 Å². The molecule has 2 heteroatoms. The van der Waals surface area contributed by atoms with Crippen LogP contribution in [0.4, 0.5) is 0 Å². The number of hydrogen-bond donors (Lipinski definition) is 0. The van der Waals surface area contributed by atoms with E-state index in [0.717, 1.165) is 27.7 Å². The molecule has 2 aromatic carbocycles. The number of para-hydroxylation sites is 1. The monoisotopic (exact) mass is 270 g/mol. The molecule has 4 rings (SSSR count). The van der Waals surface area contributed by atoms with Crippen LogP contribution in [-0.4, -0.2) is 9.97 Å². The number of rotatable bonds is 1. The smallest absolute Gasteiger partial charge is 0.0717 e. The van der Waals surface area contributed by atoms with Gasteiger partial charge in [0.1, 0.15) is 0 Å². The highest BCUT2D eigenvalue weighted by Gasteiger charge is 2.06. The number of aromatic nitrogens is 2. The number of hydrogen-bond acceptors (Lipinski definition) is 2. The SMILES string of the molecule is Cc1ccc2nc(-c3ccnc4ccccc34)ccc2c1. The first-order chi connectivity index (χ1) is 10.3. The molecule has 2 nitrogen and oxygen atoms in total. The average molecular weight is 270 g/mol. The molecule has 0 amide bonds. The van der Waals surface area contributed by atoms with Crippen LogP contribution >= 0.6 is 0 Å². The largest absolute Gasteiger partial charge is 0.256 e. The lowest BCUT2D eigenvalue weighted by atomic mass is 10.0. The summed E-state index contributed by atoms with van der Waals surface area (Å²) in [6.07, 6.45) is 1.85. The number of pyridine rings is 2. The van der Waals surface area contributed by atoms with E-state index < -0.39 is 0 Å². The summed E-state index contributed by atoms with van der Waals surface area (Å²) in [7, 11) is 0. The first-order valence-electron chi connectivity index (χ1n) is 7.03. The summed E-state index contributed by atoms with van der Waals surface area (Å²) in [6, 6.07) is 20.8. The second kappa shape index (κ2) is 4.67. The quantitative estimate of drug-likeness (QED) is 0.498. The molecule has 0 spiro atoms. The van der Waals surface area contributed by atoms with Gasteiger partial charge in [-0.1, -0.05) is 35.9 Å². The van der Waals surface area contributed by atoms with Crippen molar-refractivity contribution in [2.75, 3.05) is 0 Å². The Morgan fingerprint density at radius 1 is 0.810 bits per heavy atom. The van der Waals surface area contributed by atoms with Crippen molar-refractivity contribution in [3.8, 4) is 11.3 Å². The maximum absolute atomic E-state index is 4.81. The fourth-order valence-corrected chi connectivity index (χ4v) is 2.71. The van der Waals surface area contributed by atoms with Gasteiger partial charge in [0.15, 0.2) is 0 Å². The van der Waals surface area contributed by atoms with Crippen molar-refractivity contribution >= 4 is 21.8 Å². The van der Waals surface area contributed by atoms with Crippen LogP contribution in [0.5, 0.6) is 0 Å². The van der Waals surface area contributed by atoms with Crippen molar-refractivity contribution in [2.45, 2.75) is 6.92 Å². The normalized spacial score (nSPS) is 11.1. The Labute approximate surface area is 123 Å². The summed E-state index contributed by atoms with van der Waals surface area (Å²) in [5.74, 6) is 0. The predicted molar refractivity (Wildman–Crippen MR) is 87.2 cm³/mol. The van der Waals surface area contributed by atoms with Gasteiger partial charge in [0.25, 0.3) is 0 Å². The van der Waals surface area contributed by atoms with E-state index in [2.05, 4.69) is 48.3 Å². The molecule has 0 bridgehead atoms. The fraction of sp³-hybridized carbons (Fsp3) is 0.0526. The van der Waals surface area contributed by atoms with E-state index in [0.29, 0.717) is 0 Å². The number of nitrogens with zero attached hydrogens (tertiary/aromatic N) is 2. The minimum Gasteiger partial charge on any atom is -0.256 e. The fourth-order valence-electron chi connectivity index (χ4n) is 2.71. The van der Waals surface area contributed by atoms with Crippen molar-refractivity contribution < 1.29 is 0 Å². The van der Waals surface area contributed by atoms with Crippen LogP contribution in [0.25, 0.3) is 33.1 Å². The van der Waals surface area contributed by atoms with E-state index in [1.807, 2.05) is 30.5 Å². The molecule has 0 unspecified atom stereocenters. The van der Waals surface area contributed by atoms with Gasteiger partial charge in [0, 0.05) is 22.5 Å². The van der Waals surface area contributed by atoms with Crippen LogP contribution < -0.4 is 0 Å². The van der Waals surface area contributed by atoms with Gasteiger partial charge in [0.2, 0.25) is 0 Å². The van der Waals surface area contributed by atoms with Crippen LogP contribution in [0.15, 0.2) is 66.9 Å². The van der Waals surface area contributed by atoms with Crippen LogP contribution in [-0.2, 0) is 0 Å². The summed E-state index contributed by atoms with van der Waals surface area (Å²) in [6.45, 7) is 2.10. The van der Waals surface area contributed by atoms with Crippen LogP contribution in [0, 0.1) is 6.92 Å². The van der Waals surface area contributed by atoms with Crippen molar-refractivity contribution in [1.82, 2.24) is 9.97 Å². The van der Waals surface area contributed by atoms with E-state index in [1.165, 1.54) is 10.9 Å². The first-order valence-corrected chi connectivity index (χ1v) is 7.03. The Balaban J connectivity index is 1.98. The highest BCUT2D eigenvalue weighted by molar-refractivity contribution is 5.94. The Hall–Kier alpha value is -2.74. The van der Waals surface area contributed by atoms with Gasteiger partial charge in [-0.05, 0) is 37.3 Å². The number of fused-ring (bicyclic) bond motifs is 2. The van der Waals surface area contributed by atoms with Gasteiger partial charge in [-0.2, -0.15) is 0 Å². The molecule has 0 fully saturated rings. The molecular weight excluding hydrogens is 256 g/mol. The molecule has 0 N–H and O–H groups in total. The van der Waals surface area contributed by atoms with Gasteiger partial charge >= 0.3 is 0 Å². The Kier molecular flexibility index (Phi) is 2.68. The summed E-state index contributed by atoms with van der Waals surface area (Å²) in [5, 5.41) is 2.32. The van der Waals surface area contributed by atoms with Gasteiger partial charge < -0.3 is 0 Å². The molecule has 4 aromatic rings. The maximum atomic E-state index is 4.81. The summed E-state index contributed by atoms with van der Waals surface area (Å²) >= 11 is 0. The van der Waals surface area contributed by atoms with Crippen LogP contribution in [0.2, 0.25) is 0 Å². The average Bonchev–Trinajstić information content (AvgIpc) is 2.54. The van der Waals surface area contributed by atoms with Crippen molar-refractivity contribution in [3.05, 3.63) is 72.4 Å². The van der Waals surface area contributed by atoms with E-state index in [4.69, 9.17) is 4.98 Å². The second-order valence-electron chi connectivity index (χ2n) is 5.27.